The number of aliphatic carboxylic acids is 1. The van der Waals surface area contributed by atoms with Crippen molar-refractivity contribution in [1.82, 2.24) is 4.57 Å². The summed E-state index contributed by atoms with van der Waals surface area (Å²) in [7, 11) is 1.77. The summed E-state index contributed by atoms with van der Waals surface area (Å²) in [5, 5.41) is 19.9. The molecule has 2 rings (SSSR count). The zero-order valence-corrected chi connectivity index (χ0v) is 10.1. The number of carbonyl (C=O) groups is 1. The van der Waals surface area contributed by atoms with Crippen LogP contribution in [0.3, 0.4) is 0 Å². The number of aromatic nitrogens is 1. The van der Waals surface area contributed by atoms with Crippen LogP contribution in [0, 0.1) is 0 Å². The van der Waals surface area contributed by atoms with E-state index in [1.165, 1.54) is 0 Å². The van der Waals surface area contributed by atoms with E-state index in [9.17, 15) is 15.0 Å². The summed E-state index contributed by atoms with van der Waals surface area (Å²) in [6.07, 6.45) is 0. The minimum absolute atomic E-state index is 0.164. The van der Waals surface area contributed by atoms with Crippen LogP contribution in [0.15, 0.2) is 24.3 Å². The molecule has 0 radical (unpaired) electrons. The van der Waals surface area contributed by atoms with Gasteiger partial charge >= 0.3 is 5.97 Å². The Bertz CT molecular complexity index is 596. The van der Waals surface area contributed by atoms with Gasteiger partial charge < -0.3 is 14.8 Å². The number of fused-ring (bicyclic) bond motifs is 1. The second-order valence-corrected chi connectivity index (χ2v) is 4.73. The fraction of sp³-hybridized carbons (Fsp3) is 0.308. The van der Waals surface area contributed by atoms with Crippen molar-refractivity contribution < 1.29 is 15.0 Å². The summed E-state index contributed by atoms with van der Waals surface area (Å²) >= 11 is 0. The van der Waals surface area contributed by atoms with Crippen molar-refractivity contribution in [3.8, 4) is 5.75 Å². The van der Waals surface area contributed by atoms with Gasteiger partial charge in [0, 0.05) is 18.1 Å². The van der Waals surface area contributed by atoms with E-state index in [0.29, 0.717) is 11.2 Å². The Labute approximate surface area is 99.1 Å². The van der Waals surface area contributed by atoms with E-state index >= 15 is 0 Å². The standard InChI is InChI=1S/C13H15NO3/c1-13(2,12(16)17)10-7-8-5-4-6-9(15)11(8)14(10)3/h4-7,15H,1-3H3,(H,16,17). The van der Waals surface area contributed by atoms with Crippen molar-refractivity contribution in [3.05, 3.63) is 30.0 Å². The van der Waals surface area contributed by atoms with Gasteiger partial charge in [-0.05, 0) is 26.0 Å². The SMILES string of the molecule is Cn1c(C(C)(C)C(=O)O)cc2cccc(O)c21. The average molecular weight is 233 g/mol. The number of carboxylic acid groups (broad SMARTS) is 1. The molecule has 0 spiro atoms. The maximum Gasteiger partial charge on any atom is 0.315 e. The number of nitrogens with zero attached hydrogens (tertiary/aromatic N) is 1. The van der Waals surface area contributed by atoms with Crippen LogP contribution >= 0.6 is 0 Å². The lowest BCUT2D eigenvalue weighted by molar-refractivity contribution is -0.142. The van der Waals surface area contributed by atoms with E-state index < -0.39 is 11.4 Å². The highest BCUT2D eigenvalue weighted by atomic mass is 16.4. The molecular weight excluding hydrogens is 218 g/mol. The molecule has 2 aromatic rings. The number of aromatic hydroxyl groups is 1. The molecular formula is C13H15NO3. The first kappa shape index (κ1) is 11.5. The molecule has 1 heterocycles. The average Bonchev–Trinajstić information content (AvgIpc) is 2.57. The van der Waals surface area contributed by atoms with E-state index in [4.69, 9.17) is 0 Å². The Morgan fingerprint density at radius 1 is 1.35 bits per heavy atom. The first-order valence-corrected chi connectivity index (χ1v) is 5.37. The lowest BCUT2D eigenvalue weighted by atomic mass is 9.89. The summed E-state index contributed by atoms with van der Waals surface area (Å²) in [4.78, 5) is 11.3. The Hall–Kier alpha value is -1.97. The molecule has 0 unspecified atom stereocenters. The molecule has 0 amide bonds. The van der Waals surface area contributed by atoms with E-state index in [1.807, 2.05) is 12.1 Å². The third-order valence-electron chi connectivity index (χ3n) is 3.21. The summed E-state index contributed by atoms with van der Waals surface area (Å²) in [5.41, 5.74) is 0.346. The third kappa shape index (κ3) is 1.56. The van der Waals surface area contributed by atoms with Crippen molar-refractivity contribution in [2.45, 2.75) is 19.3 Å². The monoisotopic (exact) mass is 233 g/mol. The highest BCUT2D eigenvalue weighted by molar-refractivity contribution is 5.89. The van der Waals surface area contributed by atoms with Crippen molar-refractivity contribution in [2.24, 2.45) is 7.05 Å². The van der Waals surface area contributed by atoms with Crippen LogP contribution in [0.5, 0.6) is 5.75 Å². The zero-order valence-electron chi connectivity index (χ0n) is 10.1. The minimum Gasteiger partial charge on any atom is -0.506 e. The number of phenols is 1. The van der Waals surface area contributed by atoms with E-state index in [2.05, 4.69) is 0 Å². The van der Waals surface area contributed by atoms with Gasteiger partial charge in [-0.3, -0.25) is 4.79 Å². The van der Waals surface area contributed by atoms with E-state index in [0.717, 1.165) is 5.39 Å². The van der Waals surface area contributed by atoms with Crippen molar-refractivity contribution in [1.29, 1.82) is 0 Å². The number of benzene rings is 1. The molecule has 0 saturated carbocycles. The lowest BCUT2D eigenvalue weighted by Crippen LogP contribution is -2.30. The number of aryl methyl sites for hydroxylation is 1. The van der Waals surface area contributed by atoms with Gasteiger partial charge in [-0.2, -0.15) is 0 Å². The Kier molecular flexibility index (Phi) is 2.38. The molecule has 4 nitrogen and oxygen atoms in total. The predicted molar refractivity (Wildman–Crippen MR) is 65.2 cm³/mol. The third-order valence-corrected chi connectivity index (χ3v) is 3.21. The smallest absolute Gasteiger partial charge is 0.315 e. The molecule has 0 atom stereocenters. The predicted octanol–water partition coefficient (Wildman–Crippen LogP) is 2.25. The normalized spacial score (nSPS) is 11.9. The largest absolute Gasteiger partial charge is 0.506 e. The summed E-state index contributed by atoms with van der Waals surface area (Å²) in [5.74, 6) is -0.722. The number of carboxylic acids is 1. The number of hydrogen-bond acceptors (Lipinski definition) is 2. The minimum atomic E-state index is -0.986. The van der Waals surface area contributed by atoms with E-state index in [-0.39, 0.29) is 5.75 Å². The van der Waals surface area contributed by atoms with Crippen LogP contribution in [0.1, 0.15) is 19.5 Å². The van der Waals surface area contributed by atoms with Gasteiger partial charge in [0.25, 0.3) is 0 Å². The van der Waals surface area contributed by atoms with Crippen molar-refractivity contribution in [2.75, 3.05) is 0 Å². The molecule has 1 aromatic heterocycles. The van der Waals surface area contributed by atoms with Gasteiger partial charge in [0.05, 0.1) is 5.52 Å². The van der Waals surface area contributed by atoms with Crippen LogP contribution in [-0.4, -0.2) is 20.7 Å². The second-order valence-electron chi connectivity index (χ2n) is 4.73. The number of rotatable bonds is 2. The van der Waals surface area contributed by atoms with Crippen LogP contribution in [0.2, 0.25) is 0 Å². The first-order chi connectivity index (χ1) is 7.85. The number of phenolic OH excluding ortho intramolecular Hbond substituents is 1. The fourth-order valence-electron chi connectivity index (χ4n) is 2.10. The van der Waals surface area contributed by atoms with Gasteiger partial charge in [0.1, 0.15) is 11.2 Å². The second kappa shape index (κ2) is 3.52. The molecule has 0 aliphatic heterocycles. The van der Waals surface area contributed by atoms with E-state index in [1.54, 1.807) is 37.6 Å². The molecule has 17 heavy (non-hydrogen) atoms. The summed E-state index contributed by atoms with van der Waals surface area (Å²) in [6.45, 7) is 3.31. The molecule has 90 valence electrons. The Morgan fingerprint density at radius 3 is 2.53 bits per heavy atom. The van der Waals surface area contributed by atoms with Gasteiger partial charge in [-0.15, -0.1) is 0 Å². The molecule has 1 aromatic carbocycles. The van der Waals surface area contributed by atoms with Crippen LogP contribution in [0.4, 0.5) is 0 Å². The van der Waals surface area contributed by atoms with Gasteiger partial charge in [0.2, 0.25) is 0 Å². The molecule has 0 saturated heterocycles. The zero-order chi connectivity index (χ0) is 12.8. The first-order valence-electron chi connectivity index (χ1n) is 5.37. The molecule has 0 fully saturated rings. The maximum atomic E-state index is 11.3. The molecule has 0 aliphatic carbocycles. The van der Waals surface area contributed by atoms with Gasteiger partial charge in [-0.1, -0.05) is 12.1 Å². The van der Waals surface area contributed by atoms with Crippen LogP contribution in [-0.2, 0) is 17.3 Å². The fourth-order valence-corrected chi connectivity index (χ4v) is 2.10. The summed E-state index contributed by atoms with van der Waals surface area (Å²) < 4.78 is 1.73. The van der Waals surface area contributed by atoms with Gasteiger partial charge in [-0.25, -0.2) is 0 Å². The maximum absolute atomic E-state index is 11.3. The molecule has 4 heteroatoms. The highest BCUT2D eigenvalue weighted by Crippen LogP contribution is 2.33. The topological polar surface area (TPSA) is 62.5 Å². The summed E-state index contributed by atoms with van der Waals surface area (Å²) in [6, 6.07) is 7.01. The Balaban J connectivity index is 2.77. The lowest BCUT2D eigenvalue weighted by Gasteiger charge is -2.20. The molecule has 2 N–H and O–H groups in total. The molecule has 0 aliphatic rings. The van der Waals surface area contributed by atoms with Crippen LogP contribution < -0.4 is 0 Å². The molecule has 0 bridgehead atoms. The van der Waals surface area contributed by atoms with Gasteiger partial charge in [0.15, 0.2) is 0 Å². The van der Waals surface area contributed by atoms with Crippen molar-refractivity contribution in [3.63, 3.8) is 0 Å². The van der Waals surface area contributed by atoms with Crippen LogP contribution in [0.25, 0.3) is 10.9 Å². The van der Waals surface area contributed by atoms with Crippen molar-refractivity contribution >= 4 is 16.9 Å². The number of hydrogen-bond donors (Lipinski definition) is 2. The number of para-hydroxylation sites is 1. The quantitative estimate of drug-likeness (QED) is 0.836. The highest BCUT2D eigenvalue weighted by Gasteiger charge is 2.33. The Morgan fingerprint density at radius 2 is 2.00 bits per heavy atom.